The van der Waals surface area contributed by atoms with Crippen molar-refractivity contribution in [3.8, 4) is 0 Å². The van der Waals surface area contributed by atoms with E-state index in [9.17, 15) is 4.79 Å². The molecular formula is C13H20N4O. The highest BCUT2D eigenvalue weighted by Crippen LogP contribution is 2.18. The number of nitrogens with zero attached hydrogens (tertiary/aromatic N) is 3. The minimum atomic E-state index is 0.158. The molecule has 0 bridgehead atoms. The molecule has 0 spiro atoms. The summed E-state index contributed by atoms with van der Waals surface area (Å²) in [7, 11) is 0. The summed E-state index contributed by atoms with van der Waals surface area (Å²) in [6.45, 7) is 0.635. The summed E-state index contributed by atoms with van der Waals surface area (Å²) in [6.07, 6.45) is 10.6. The maximum Gasteiger partial charge on any atom is 0.180 e. The number of allylic oxidation sites excluding steroid dienone is 2. The standard InChI is InChI=1S/C13H20N4O/c14-8-12-9-17(16-15-12)10-13(18)11-6-4-2-1-3-5-7-11/h6,9H,1-5,7-8,10,14H2. The molecule has 18 heavy (non-hydrogen) atoms. The molecule has 5 heteroatoms. The first-order valence-electron chi connectivity index (χ1n) is 6.61. The largest absolute Gasteiger partial charge is 0.325 e. The summed E-state index contributed by atoms with van der Waals surface area (Å²) >= 11 is 0. The van der Waals surface area contributed by atoms with E-state index in [0.29, 0.717) is 6.54 Å². The predicted molar refractivity (Wildman–Crippen MR) is 68.7 cm³/mol. The third-order valence-corrected chi connectivity index (χ3v) is 3.25. The van der Waals surface area contributed by atoms with Crippen molar-refractivity contribution >= 4 is 5.78 Å². The van der Waals surface area contributed by atoms with Crippen LogP contribution in [0, 0.1) is 0 Å². The smallest absolute Gasteiger partial charge is 0.180 e. The van der Waals surface area contributed by atoms with E-state index < -0.39 is 0 Å². The van der Waals surface area contributed by atoms with Crippen LogP contribution in [-0.4, -0.2) is 20.8 Å². The van der Waals surface area contributed by atoms with Crippen LogP contribution >= 0.6 is 0 Å². The normalized spacial score (nSPS) is 16.8. The first kappa shape index (κ1) is 13.0. The van der Waals surface area contributed by atoms with Gasteiger partial charge in [0, 0.05) is 6.54 Å². The average molecular weight is 248 g/mol. The van der Waals surface area contributed by atoms with E-state index >= 15 is 0 Å². The molecule has 5 nitrogen and oxygen atoms in total. The fourth-order valence-corrected chi connectivity index (χ4v) is 2.20. The lowest BCUT2D eigenvalue weighted by atomic mass is 9.97. The fraction of sp³-hybridized carbons (Fsp3) is 0.615. The second-order valence-corrected chi connectivity index (χ2v) is 4.72. The van der Waals surface area contributed by atoms with Crippen molar-refractivity contribution in [2.45, 2.75) is 51.6 Å². The van der Waals surface area contributed by atoms with Gasteiger partial charge >= 0.3 is 0 Å². The molecule has 0 saturated heterocycles. The van der Waals surface area contributed by atoms with Gasteiger partial charge < -0.3 is 5.73 Å². The molecule has 0 fully saturated rings. The van der Waals surface area contributed by atoms with Crippen LogP contribution in [-0.2, 0) is 17.9 Å². The van der Waals surface area contributed by atoms with Gasteiger partial charge in [0.15, 0.2) is 5.78 Å². The number of carbonyl (C=O) groups excluding carboxylic acids is 1. The number of aromatic nitrogens is 3. The Balaban J connectivity index is 1.97. The van der Waals surface area contributed by atoms with Gasteiger partial charge in [-0.2, -0.15) is 0 Å². The Morgan fingerprint density at radius 2 is 2.17 bits per heavy atom. The molecule has 0 atom stereocenters. The average Bonchev–Trinajstić information content (AvgIpc) is 2.76. The molecule has 98 valence electrons. The number of rotatable bonds is 4. The number of hydrogen-bond donors (Lipinski definition) is 1. The number of hydrogen-bond acceptors (Lipinski definition) is 4. The quantitative estimate of drug-likeness (QED) is 0.878. The Kier molecular flexibility index (Phi) is 4.64. The first-order chi connectivity index (χ1) is 8.79. The van der Waals surface area contributed by atoms with Gasteiger partial charge in [0.25, 0.3) is 0 Å². The van der Waals surface area contributed by atoms with Crippen LogP contribution in [0.1, 0.15) is 44.2 Å². The molecule has 0 radical (unpaired) electrons. The van der Waals surface area contributed by atoms with Crippen molar-refractivity contribution in [3.63, 3.8) is 0 Å². The summed E-state index contributed by atoms with van der Waals surface area (Å²) < 4.78 is 1.57. The second-order valence-electron chi connectivity index (χ2n) is 4.72. The summed E-state index contributed by atoms with van der Waals surface area (Å²) in [6, 6.07) is 0. The van der Waals surface area contributed by atoms with Crippen LogP contribution < -0.4 is 5.73 Å². The fourth-order valence-electron chi connectivity index (χ4n) is 2.20. The lowest BCUT2D eigenvalue weighted by Gasteiger charge is -2.10. The first-order valence-corrected chi connectivity index (χ1v) is 6.61. The molecule has 1 aliphatic carbocycles. The van der Waals surface area contributed by atoms with Crippen LogP contribution in [0.4, 0.5) is 0 Å². The van der Waals surface area contributed by atoms with E-state index in [4.69, 9.17) is 5.73 Å². The Labute approximate surface area is 107 Å². The molecule has 0 saturated carbocycles. The molecule has 2 rings (SSSR count). The van der Waals surface area contributed by atoms with E-state index in [0.717, 1.165) is 30.5 Å². The lowest BCUT2D eigenvalue weighted by Crippen LogP contribution is -2.14. The van der Waals surface area contributed by atoms with Crippen LogP contribution in [0.15, 0.2) is 17.8 Å². The Hall–Kier alpha value is -1.49. The number of ketones is 1. The topological polar surface area (TPSA) is 73.8 Å². The summed E-state index contributed by atoms with van der Waals surface area (Å²) in [5.41, 5.74) is 7.14. The summed E-state index contributed by atoms with van der Waals surface area (Å²) in [4.78, 5) is 12.1. The minimum Gasteiger partial charge on any atom is -0.325 e. The highest BCUT2D eigenvalue weighted by molar-refractivity contribution is 5.95. The molecular weight excluding hydrogens is 228 g/mol. The highest BCUT2D eigenvalue weighted by atomic mass is 16.1. The van der Waals surface area contributed by atoms with E-state index in [-0.39, 0.29) is 12.3 Å². The molecule has 2 N–H and O–H groups in total. The number of carbonyl (C=O) groups is 1. The molecule has 0 aromatic carbocycles. The molecule has 0 aliphatic heterocycles. The van der Waals surface area contributed by atoms with Crippen LogP contribution in [0.3, 0.4) is 0 Å². The van der Waals surface area contributed by atoms with E-state index in [1.807, 2.05) is 0 Å². The van der Waals surface area contributed by atoms with Crippen molar-refractivity contribution in [3.05, 3.63) is 23.5 Å². The third kappa shape index (κ3) is 3.50. The Bertz CT molecular complexity index is 436. The van der Waals surface area contributed by atoms with E-state index in [1.165, 1.54) is 19.3 Å². The number of Topliss-reactive ketones (excluding diaryl/α,β-unsaturated/α-hetero) is 1. The van der Waals surface area contributed by atoms with Crippen LogP contribution in [0.25, 0.3) is 0 Å². The van der Waals surface area contributed by atoms with E-state index in [2.05, 4.69) is 16.4 Å². The van der Waals surface area contributed by atoms with Crippen molar-refractivity contribution in [2.75, 3.05) is 0 Å². The zero-order valence-corrected chi connectivity index (χ0v) is 10.6. The van der Waals surface area contributed by atoms with Gasteiger partial charge in [0.1, 0.15) is 6.54 Å². The van der Waals surface area contributed by atoms with Crippen LogP contribution in [0.5, 0.6) is 0 Å². The van der Waals surface area contributed by atoms with Gasteiger partial charge in [0.05, 0.1) is 11.9 Å². The molecule has 1 aromatic rings. The second kappa shape index (κ2) is 6.44. The zero-order valence-electron chi connectivity index (χ0n) is 10.6. The zero-order chi connectivity index (χ0) is 12.8. The van der Waals surface area contributed by atoms with Gasteiger partial charge in [-0.3, -0.25) is 4.79 Å². The Morgan fingerprint density at radius 1 is 1.33 bits per heavy atom. The van der Waals surface area contributed by atoms with Crippen LogP contribution in [0.2, 0.25) is 0 Å². The Morgan fingerprint density at radius 3 is 2.94 bits per heavy atom. The van der Waals surface area contributed by atoms with Crippen molar-refractivity contribution < 1.29 is 4.79 Å². The number of nitrogens with two attached hydrogens (primary N) is 1. The third-order valence-electron chi connectivity index (χ3n) is 3.25. The SMILES string of the molecule is NCc1cn(CC(=O)C2=CCCCCCC2)nn1. The van der Waals surface area contributed by atoms with Gasteiger partial charge in [0.2, 0.25) is 0 Å². The maximum atomic E-state index is 12.1. The van der Waals surface area contributed by atoms with E-state index in [1.54, 1.807) is 10.9 Å². The maximum absolute atomic E-state index is 12.1. The predicted octanol–water partition coefficient (Wildman–Crippen LogP) is 1.59. The molecule has 0 unspecified atom stereocenters. The summed E-state index contributed by atoms with van der Waals surface area (Å²) in [5.74, 6) is 0.158. The lowest BCUT2D eigenvalue weighted by molar-refractivity contribution is -0.116. The molecule has 1 heterocycles. The molecule has 1 aliphatic rings. The van der Waals surface area contributed by atoms with Crippen molar-refractivity contribution in [1.82, 2.24) is 15.0 Å². The molecule has 0 amide bonds. The molecule has 1 aromatic heterocycles. The van der Waals surface area contributed by atoms with Gasteiger partial charge in [-0.1, -0.05) is 24.1 Å². The van der Waals surface area contributed by atoms with Crippen molar-refractivity contribution in [1.29, 1.82) is 0 Å². The van der Waals surface area contributed by atoms with Gasteiger partial charge in [-0.15, -0.1) is 5.10 Å². The highest BCUT2D eigenvalue weighted by Gasteiger charge is 2.12. The minimum absolute atomic E-state index is 0.158. The van der Waals surface area contributed by atoms with Gasteiger partial charge in [-0.05, 0) is 31.3 Å². The monoisotopic (exact) mass is 248 g/mol. The van der Waals surface area contributed by atoms with Crippen molar-refractivity contribution in [2.24, 2.45) is 5.73 Å². The summed E-state index contributed by atoms with van der Waals surface area (Å²) in [5, 5.41) is 7.79. The van der Waals surface area contributed by atoms with Gasteiger partial charge in [-0.25, -0.2) is 4.68 Å².